The Hall–Kier alpha value is 0.110. The van der Waals surface area contributed by atoms with Crippen LogP contribution in [0, 0.1) is 0 Å². The first-order valence-electron chi connectivity index (χ1n) is 3.18. The van der Waals surface area contributed by atoms with Gasteiger partial charge in [-0.3, -0.25) is 4.57 Å². The summed E-state index contributed by atoms with van der Waals surface area (Å²) in [6.07, 6.45) is 0. The average Bonchev–Trinajstić information content (AvgIpc) is 1.87. The topological polar surface area (TPSA) is 55.8 Å². The van der Waals surface area contributed by atoms with Crippen molar-refractivity contribution in [2.75, 3.05) is 13.2 Å². The molecule has 0 saturated carbocycles. The lowest BCUT2D eigenvalue weighted by atomic mass is 10.9. The van der Waals surface area contributed by atoms with Gasteiger partial charge >= 0.3 is 0 Å². The van der Waals surface area contributed by atoms with Gasteiger partial charge in [-0.1, -0.05) is 0 Å². The van der Waals surface area contributed by atoms with Crippen molar-refractivity contribution in [2.45, 2.75) is 19.9 Å². The van der Waals surface area contributed by atoms with Crippen molar-refractivity contribution in [3.05, 3.63) is 0 Å². The lowest BCUT2D eigenvalue weighted by molar-refractivity contribution is -0.0839. The molecular formula is C5H13O4P. The van der Waals surface area contributed by atoms with Crippen LogP contribution in [0.25, 0.3) is 0 Å². The molecule has 0 rings (SSSR count). The Morgan fingerprint density at radius 2 is 1.80 bits per heavy atom. The van der Waals surface area contributed by atoms with E-state index in [0.29, 0.717) is 13.2 Å². The zero-order valence-electron chi connectivity index (χ0n) is 6.16. The molecule has 0 aromatic carbocycles. The minimum absolute atomic E-state index is 0.391. The fourth-order valence-corrected chi connectivity index (χ4v) is 1.11. The maximum atomic E-state index is 10.4. The first kappa shape index (κ1) is 10.1. The molecule has 10 heavy (non-hydrogen) atoms. The second-order valence-electron chi connectivity index (χ2n) is 1.58. The van der Waals surface area contributed by atoms with Crippen molar-refractivity contribution in [1.82, 2.24) is 0 Å². The summed E-state index contributed by atoms with van der Waals surface area (Å²) < 4.78 is 20.0. The van der Waals surface area contributed by atoms with Gasteiger partial charge < -0.3 is 14.4 Å². The molecule has 62 valence electrons. The third kappa shape index (κ3) is 4.01. The first-order valence-corrected chi connectivity index (χ1v) is 4.61. The van der Waals surface area contributed by atoms with Gasteiger partial charge in [0.05, 0.1) is 0 Å². The van der Waals surface area contributed by atoms with Crippen LogP contribution >= 0.6 is 8.03 Å². The fourth-order valence-electron chi connectivity index (χ4n) is 0.493. The van der Waals surface area contributed by atoms with Crippen LogP contribution in [0.3, 0.4) is 0 Å². The minimum Gasteiger partial charge on any atom is -0.345 e. The highest BCUT2D eigenvalue weighted by Gasteiger charge is 2.12. The van der Waals surface area contributed by atoms with Crippen LogP contribution in [0.15, 0.2) is 0 Å². The number of rotatable bonds is 5. The van der Waals surface area contributed by atoms with Gasteiger partial charge in [-0.2, -0.15) is 0 Å². The van der Waals surface area contributed by atoms with Gasteiger partial charge in [0.25, 0.3) is 0 Å². The second-order valence-corrected chi connectivity index (χ2v) is 2.73. The fraction of sp³-hybridized carbons (Fsp3) is 1.00. The van der Waals surface area contributed by atoms with Gasteiger partial charge in [-0.25, -0.2) is 0 Å². The Morgan fingerprint density at radius 3 is 2.00 bits per heavy atom. The molecule has 0 aliphatic rings. The normalized spacial score (nSPS) is 14.0. The maximum Gasteiger partial charge on any atom is 0.243 e. The SMILES string of the molecule is CCOC(OCC)[PH](=O)O. The van der Waals surface area contributed by atoms with Crippen LogP contribution in [-0.4, -0.2) is 24.1 Å². The van der Waals surface area contributed by atoms with Crippen LogP contribution in [-0.2, 0) is 14.0 Å². The molecule has 0 amide bonds. The predicted molar refractivity (Wildman–Crippen MR) is 38.3 cm³/mol. The second kappa shape index (κ2) is 5.86. The zero-order valence-corrected chi connectivity index (χ0v) is 7.16. The van der Waals surface area contributed by atoms with Gasteiger partial charge in [-0.15, -0.1) is 0 Å². The largest absolute Gasteiger partial charge is 0.345 e. The van der Waals surface area contributed by atoms with E-state index < -0.39 is 14.1 Å². The van der Waals surface area contributed by atoms with Gasteiger partial charge in [-0.05, 0) is 13.8 Å². The molecule has 1 unspecified atom stereocenters. The molecule has 0 fully saturated rings. The van der Waals surface area contributed by atoms with Crippen molar-refractivity contribution < 1.29 is 18.9 Å². The average molecular weight is 168 g/mol. The van der Waals surface area contributed by atoms with E-state index in [9.17, 15) is 4.57 Å². The van der Waals surface area contributed by atoms with Crippen LogP contribution in [0.4, 0.5) is 0 Å². The van der Waals surface area contributed by atoms with E-state index in [-0.39, 0.29) is 0 Å². The molecular weight excluding hydrogens is 155 g/mol. The molecule has 5 heteroatoms. The van der Waals surface area contributed by atoms with E-state index in [1.54, 1.807) is 13.8 Å². The molecule has 0 saturated heterocycles. The van der Waals surface area contributed by atoms with E-state index in [1.807, 2.05) is 0 Å². The summed E-state index contributed by atoms with van der Waals surface area (Å²) >= 11 is 0. The molecule has 0 bridgehead atoms. The molecule has 0 spiro atoms. The molecule has 0 radical (unpaired) electrons. The standard InChI is InChI=1S/C5H13O4P/c1-3-8-5(9-4-2)10(6)7/h5,10H,3-4H2,1-2H3,(H,6,7). The Bertz CT molecular complexity index is 99.8. The number of hydrogen-bond donors (Lipinski definition) is 1. The summed E-state index contributed by atoms with van der Waals surface area (Å²) in [4.78, 5) is 8.57. The number of ether oxygens (including phenoxy) is 2. The van der Waals surface area contributed by atoms with Crippen LogP contribution in [0.5, 0.6) is 0 Å². The Labute approximate surface area is 61.0 Å². The molecule has 0 aliphatic heterocycles. The highest BCUT2D eigenvalue weighted by Crippen LogP contribution is 2.23. The molecule has 1 N–H and O–H groups in total. The summed E-state index contributed by atoms with van der Waals surface area (Å²) in [5, 5.41) is 0. The quantitative estimate of drug-likeness (QED) is 0.487. The van der Waals surface area contributed by atoms with Gasteiger partial charge in [0.1, 0.15) is 0 Å². The Kier molecular flexibility index (Phi) is 5.93. The third-order valence-corrected chi connectivity index (χ3v) is 1.57. The van der Waals surface area contributed by atoms with Crippen molar-refractivity contribution in [3.63, 3.8) is 0 Å². The molecule has 1 atom stereocenters. The van der Waals surface area contributed by atoms with Crippen molar-refractivity contribution in [1.29, 1.82) is 0 Å². The van der Waals surface area contributed by atoms with Crippen molar-refractivity contribution >= 4 is 8.03 Å². The summed E-state index contributed by atoms with van der Waals surface area (Å²) in [6.45, 7) is 4.27. The molecule has 4 nitrogen and oxygen atoms in total. The number of hydrogen-bond acceptors (Lipinski definition) is 3. The van der Waals surface area contributed by atoms with Gasteiger partial charge in [0, 0.05) is 13.2 Å². The van der Waals surface area contributed by atoms with E-state index in [1.165, 1.54) is 0 Å². The van der Waals surface area contributed by atoms with E-state index in [2.05, 4.69) is 0 Å². The zero-order chi connectivity index (χ0) is 7.98. The summed E-state index contributed by atoms with van der Waals surface area (Å²) in [5.41, 5.74) is 0. The highest BCUT2D eigenvalue weighted by molar-refractivity contribution is 7.38. The lowest BCUT2D eigenvalue weighted by Gasteiger charge is -2.12. The molecule has 0 aliphatic carbocycles. The summed E-state index contributed by atoms with van der Waals surface area (Å²) in [6, 6.07) is -0.917. The van der Waals surface area contributed by atoms with E-state index >= 15 is 0 Å². The van der Waals surface area contributed by atoms with E-state index in [0.717, 1.165) is 0 Å². The Balaban J connectivity index is 3.61. The van der Waals surface area contributed by atoms with Crippen LogP contribution in [0.1, 0.15) is 13.8 Å². The first-order chi connectivity index (χ1) is 4.72. The van der Waals surface area contributed by atoms with Gasteiger partial charge in [0.15, 0.2) is 0 Å². The van der Waals surface area contributed by atoms with Crippen LogP contribution in [0.2, 0.25) is 0 Å². The summed E-state index contributed by atoms with van der Waals surface area (Å²) in [5.74, 6) is 0. The monoisotopic (exact) mass is 168 g/mol. The predicted octanol–water partition coefficient (Wildman–Crippen LogP) is 0.810. The minimum atomic E-state index is -2.69. The summed E-state index contributed by atoms with van der Waals surface area (Å²) in [7, 11) is -2.69. The molecule has 0 aromatic heterocycles. The molecule has 0 heterocycles. The van der Waals surface area contributed by atoms with E-state index in [4.69, 9.17) is 14.4 Å². The maximum absolute atomic E-state index is 10.4. The highest BCUT2D eigenvalue weighted by atomic mass is 31.1. The smallest absolute Gasteiger partial charge is 0.243 e. The van der Waals surface area contributed by atoms with Crippen LogP contribution < -0.4 is 0 Å². The van der Waals surface area contributed by atoms with Crippen molar-refractivity contribution in [3.8, 4) is 0 Å². The lowest BCUT2D eigenvalue weighted by Crippen LogP contribution is -2.12. The molecule has 0 aromatic rings. The third-order valence-electron chi connectivity index (χ3n) is 0.838. The van der Waals surface area contributed by atoms with Crippen molar-refractivity contribution in [2.24, 2.45) is 0 Å². The van der Waals surface area contributed by atoms with Gasteiger partial charge in [0.2, 0.25) is 14.1 Å². The Morgan fingerprint density at radius 1 is 1.40 bits per heavy atom.